The second-order valence-corrected chi connectivity index (χ2v) is 6.66. The molecule has 2 aromatic heterocycles. The van der Waals surface area contributed by atoms with Gasteiger partial charge < -0.3 is 10.3 Å². The van der Waals surface area contributed by atoms with Gasteiger partial charge in [0.25, 0.3) is 0 Å². The minimum Gasteiger partial charge on any atom is -0.339 e. The molecular formula is C12H12Br2N4O. The monoisotopic (exact) mass is 386 g/mol. The lowest BCUT2D eigenvalue weighted by atomic mass is 9.75. The van der Waals surface area contributed by atoms with Crippen LogP contribution in [0.5, 0.6) is 0 Å². The van der Waals surface area contributed by atoms with Gasteiger partial charge in [-0.3, -0.25) is 4.98 Å². The van der Waals surface area contributed by atoms with E-state index in [0.717, 1.165) is 21.8 Å². The smallest absolute Gasteiger partial charge is 0.228 e. The van der Waals surface area contributed by atoms with Crippen LogP contribution < -0.4 is 5.73 Å². The van der Waals surface area contributed by atoms with Crippen molar-refractivity contribution in [3.8, 4) is 11.5 Å². The van der Waals surface area contributed by atoms with E-state index >= 15 is 0 Å². The first-order valence-corrected chi connectivity index (χ1v) is 7.57. The van der Waals surface area contributed by atoms with E-state index in [-0.39, 0.29) is 5.54 Å². The topological polar surface area (TPSA) is 77.8 Å². The Hall–Kier alpha value is -0.790. The molecule has 3 rings (SSSR count). The molecule has 100 valence electrons. The van der Waals surface area contributed by atoms with Crippen molar-refractivity contribution in [2.24, 2.45) is 5.73 Å². The summed E-state index contributed by atoms with van der Waals surface area (Å²) < 4.78 is 6.97. The minimum atomic E-state index is -0.159. The van der Waals surface area contributed by atoms with Gasteiger partial charge >= 0.3 is 0 Å². The maximum atomic E-state index is 6.17. The Morgan fingerprint density at radius 2 is 2.16 bits per heavy atom. The number of hydrogen-bond donors (Lipinski definition) is 1. The van der Waals surface area contributed by atoms with Crippen LogP contribution in [0.4, 0.5) is 0 Å². The molecule has 2 heterocycles. The van der Waals surface area contributed by atoms with Gasteiger partial charge in [0, 0.05) is 27.1 Å². The Bertz CT molecular complexity index is 610. The van der Waals surface area contributed by atoms with Crippen LogP contribution in [0, 0.1) is 0 Å². The summed E-state index contributed by atoms with van der Waals surface area (Å²) in [5, 5.41) is 3.97. The molecule has 0 saturated heterocycles. The zero-order chi connectivity index (χ0) is 13.5. The Kier molecular flexibility index (Phi) is 3.44. The molecule has 2 aromatic rings. The predicted molar refractivity (Wildman–Crippen MR) is 77.4 cm³/mol. The van der Waals surface area contributed by atoms with Crippen LogP contribution in [0.3, 0.4) is 0 Å². The average molecular weight is 388 g/mol. The van der Waals surface area contributed by atoms with E-state index in [0.29, 0.717) is 23.8 Å². The molecule has 0 radical (unpaired) electrons. The molecule has 0 aromatic carbocycles. The first-order chi connectivity index (χ1) is 9.06. The third-order valence-electron chi connectivity index (χ3n) is 3.34. The lowest BCUT2D eigenvalue weighted by Crippen LogP contribution is -2.48. The zero-order valence-corrected chi connectivity index (χ0v) is 13.2. The molecule has 1 fully saturated rings. The van der Waals surface area contributed by atoms with Crippen LogP contribution in [0.25, 0.3) is 11.5 Å². The van der Waals surface area contributed by atoms with Crippen molar-refractivity contribution in [3.63, 3.8) is 0 Å². The maximum absolute atomic E-state index is 6.17. The van der Waals surface area contributed by atoms with Crippen LogP contribution in [-0.2, 0) is 6.42 Å². The van der Waals surface area contributed by atoms with Gasteiger partial charge in [0.15, 0.2) is 0 Å². The van der Waals surface area contributed by atoms with Crippen molar-refractivity contribution in [1.29, 1.82) is 0 Å². The largest absolute Gasteiger partial charge is 0.339 e. The molecule has 1 aliphatic rings. The second kappa shape index (κ2) is 4.96. The fourth-order valence-electron chi connectivity index (χ4n) is 2.11. The second-order valence-electron chi connectivity index (χ2n) is 4.89. The third-order valence-corrected chi connectivity index (χ3v) is 4.38. The van der Waals surface area contributed by atoms with E-state index in [1.54, 1.807) is 6.20 Å². The number of halogens is 2. The SMILES string of the molecule is NC1(Cc2nc(-c3ncc(Br)cc3Br)no2)CCC1. The summed E-state index contributed by atoms with van der Waals surface area (Å²) in [6, 6.07) is 1.90. The lowest BCUT2D eigenvalue weighted by Gasteiger charge is -2.36. The Labute approximate surface area is 127 Å². The Balaban J connectivity index is 1.84. The van der Waals surface area contributed by atoms with E-state index in [2.05, 4.69) is 47.0 Å². The van der Waals surface area contributed by atoms with Crippen LogP contribution in [0.1, 0.15) is 25.2 Å². The lowest BCUT2D eigenvalue weighted by molar-refractivity contribution is 0.222. The number of nitrogens with two attached hydrogens (primary N) is 1. The quantitative estimate of drug-likeness (QED) is 0.875. The molecule has 0 aliphatic heterocycles. The molecule has 2 N–H and O–H groups in total. The van der Waals surface area contributed by atoms with Crippen molar-refractivity contribution in [2.45, 2.75) is 31.2 Å². The maximum Gasteiger partial charge on any atom is 0.228 e. The number of nitrogens with zero attached hydrogens (tertiary/aromatic N) is 3. The summed E-state index contributed by atoms with van der Waals surface area (Å²) in [6.07, 6.45) is 5.55. The predicted octanol–water partition coefficient (Wildman–Crippen LogP) is 3.08. The molecule has 19 heavy (non-hydrogen) atoms. The molecule has 1 saturated carbocycles. The molecule has 0 amide bonds. The van der Waals surface area contributed by atoms with E-state index in [1.807, 2.05) is 6.07 Å². The third kappa shape index (κ3) is 2.73. The molecular weight excluding hydrogens is 376 g/mol. The normalized spacial score (nSPS) is 17.2. The van der Waals surface area contributed by atoms with E-state index in [9.17, 15) is 0 Å². The highest BCUT2D eigenvalue weighted by Gasteiger charge is 2.34. The van der Waals surface area contributed by atoms with Gasteiger partial charge in [-0.2, -0.15) is 4.98 Å². The number of hydrogen-bond acceptors (Lipinski definition) is 5. The summed E-state index contributed by atoms with van der Waals surface area (Å²) in [5.41, 5.74) is 6.68. The average Bonchev–Trinajstić information content (AvgIpc) is 2.75. The summed E-state index contributed by atoms with van der Waals surface area (Å²) >= 11 is 6.80. The molecule has 0 bridgehead atoms. The fourth-order valence-corrected chi connectivity index (χ4v) is 3.28. The van der Waals surface area contributed by atoms with Gasteiger partial charge in [0.05, 0.1) is 0 Å². The Morgan fingerprint density at radius 3 is 2.79 bits per heavy atom. The van der Waals surface area contributed by atoms with Crippen molar-refractivity contribution < 1.29 is 4.52 Å². The molecule has 5 nitrogen and oxygen atoms in total. The number of rotatable bonds is 3. The molecule has 7 heteroatoms. The Morgan fingerprint density at radius 1 is 1.37 bits per heavy atom. The summed E-state index contributed by atoms with van der Waals surface area (Å²) in [4.78, 5) is 8.65. The van der Waals surface area contributed by atoms with Crippen LogP contribution in [-0.4, -0.2) is 20.7 Å². The summed E-state index contributed by atoms with van der Waals surface area (Å²) in [7, 11) is 0. The van der Waals surface area contributed by atoms with Crippen molar-refractivity contribution >= 4 is 31.9 Å². The first-order valence-electron chi connectivity index (χ1n) is 5.99. The highest BCUT2D eigenvalue weighted by Crippen LogP contribution is 2.33. The van der Waals surface area contributed by atoms with Gasteiger partial charge in [0.1, 0.15) is 5.69 Å². The van der Waals surface area contributed by atoms with Gasteiger partial charge in [-0.1, -0.05) is 5.16 Å². The van der Waals surface area contributed by atoms with E-state index in [1.165, 1.54) is 6.42 Å². The van der Waals surface area contributed by atoms with Gasteiger partial charge in [-0.15, -0.1) is 0 Å². The molecule has 0 spiro atoms. The van der Waals surface area contributed by atoms with Crippen molar-refractivity contribution in [2.75, 3.05) is 0 Å². The van der Waals surface area contributed by atoms with Gasteiger partial charge in [-0.05, 0) is 57.2 Å². The highest BCUT2D eigenvalue weighted by atomic mass is 79.9. The highest BCUT2D eigenvalue weighted by molar-refractivity contribution is 9.11. The van der Waals surface area contributed by atoms with Gasteiger partial charge in [-0.25, -0.2) is 0 Å². The van der Waals surface area contributed by atoms with Gasteiger partial charge in [0.2, 0.25) is 11.7 Å². The standard InChI is InChI=1S/C12H12Br2N4O/c13-7-4-8(14)10(16-6-7)11-17-9(19-18-11)5-12(15)2-1-3-12/h4,6H,1-3,5,15H2. The van der Waals surface area contributed by atoms with Crippen molar-refractivity contribution in [1.82, 2.24) is 15.1 Å². The zero-order valence-electron chi connectivity index (χ0n) is 10.1. The summed E-state index contributed by atoms with van der Waals surface area (Å²) in [5.74, 6) is 1.06. The van der Waals surface area contributed by atoms with E-state index < -0.39 is 0 Å². The minimum absolute atomic E-state index is 0.159. The van der Waals surface area contributed by atoms with Crippen LogP contribution in [0.15, 0.2) is 25.7 Å². The summed E-state index contributed by atoms with van der Waals surface area (Å²) in [6.45, 7) is 0. The van der Waals surface area contributed by atoms with Crippen molar-refractivity contribution in [3.05, 3.63) is 27.1 Å². The van der Waals surface area contributed by atoms with Crippen LogP contribution >= 0.6 is 31.9 Å². The van der Waals surface area contributed by atoms with Crippen LogP contribution in [0.2, 0.25) is 0 Å². The van der Waals surface area contributed by atoms with E-state index in [4.69, 9.17) is 10.3 Å². The molecule has 1 aliphatic carbocycles. The molecule has 0 atom stereocenters. The number of aromatic nitrogens is 3. The fraction of sp³-hybridized carbons (Fsp3) is 0.417. The molecule has 0 unspecified atom stereocenters. The first kappa shape index (κ1) is 13.2. The number of pyridine rings is 1.